The van der Waals surface area contributed by atoms with Gasteiger partial charge in [-0.1, -0.05) is 37.3 Å². The van der Waals surface area contributed by atoms with Gasteiger partial charge in [-0.05, 0) is 12.5 Å². The Morgan fingerprint density at radius 3 is 2.47 bits per heavy atom. The lowest BCUT2D eigenvalue weighted by Crippen LogP contribution is -2.34. The Hall–Kier alpha value is -1.35. The summed E-state index contributed by atoms with van der Waals surface area (Å²) in [6.07, 6.45) is 0. The SMILES string of the molecule is C[C@H](CN)C(=O)N[C@H](C)c1ccccc1. The van der Waals surface area contributed by atoms with Crippen LogP contribution in [0.2, 0.25) is 0 Å². The summed E-state index contributed by atoms with van der Waals surface area (Å²) in [7, 11) is 0. The van der Waals surface area contributed by atoms with Crippen molar-refractivity contribution >= 4 is 5.91 Å². The van der Waals surface area contributed by atoms with Crippen molar-refractivity contribution in [2.24, 2.45) is 11.7 Å². The van der Waals surface area contributed by atoms with Crippen LogP contribution in [0.5, 0.6) is 0 Å². The monoisotopic (exact) mass is 206 g/mol. The number of amides is 1. The van der Waals surface area contributed by atoms with Gasteiger partial charge in [0, 0.05) is 12.5 Å². The molecule has 0 unspecified atom stereocenters. The van der Waals surface area contributed by atoms with E-state index in [2.05, 4.69) is 5.32 Å². The van der Waals surface area contributed by atoms with E-state index in [1.807, 2.05) is 44.2 Å². The molecule has 0 aliphatic rings. The molecule has 0 bridgehead atoms. The molecule has 0 radical (unpaired) electrons. The van der Waals surface area contributed by atoms with Crippen LogP contribution in [-0.4, -0.2) is 12.5 Å². The van der Waals surface area contributed by atoms with Crippen LogP contribution in [0, 0.1) is 5.92 Å². The number of carbonyl (C=O) groups excluding carboxylic acids is 1. The smallest absolute Gasteiger partial charge is 0.224 e. The third-order valence-corrected chi connectivity index (χ3v) is 2.46. The second-order valence-electron chi connectivity index (χ2n) is 3.78. The van der Waals surface area contributed by atoms with Crippen molar-refractivity contribution in [3.8, 4) is 0 Å². The average Bonchev–Trinajstić information content (AvgIpc) is 2.29. The Balaban J connectivity index is 2.56. The van der Waals surface area contributed by atoms with Crippen LogP contribution >= 0.6 is 0 Å². The van der Waals surface area contributed by atoms with Crippen LogP contribution in [0.25, 0.3) is 0 Å². The van der Waals surface area contributed by atoms with Crippen LogP contribution < -0.4 is 11.1 Å². The minimum atomic E-state index is -0.129. The molecule has 1 aromatic carbocycles. The zero-order valence-electron chi connectivity index (χ0n) is 9.23. The molecule has 2 atom stereocenters. The molecule has 0 saturated heterocycles. The van der Waals surface area contributed by atoms with E-state index in [9.17, 15) is 4.79 Å². The molecule has 15 heavy (non-hydrogen) atoms. The standard InChI is InChI=1S/C12H18N2O/c1-9(8-13)12(15)14-10(2)11-6-4-3-5-7-11/h3-7,9-10H,8,13H2,1-2H3,(H,14,15)/t9-,10-/m1/s1. The highest BCUT2D eigenvalue weighted by Crippen LogP contribution is 2.11. The summed E-state index contributed by atoms with van der Waals surface area (Å²) in [5.74, 6) is -0.120. The second-order valence-corrected chi connectivity index (χ2v) is 3.78. The maximum atomic E-state index is 11.6. The predicted molar refractivity (Wildman–Crippen MR) is 61.2 cm³/mol. The molecule has 0 aromatic heterocycles. The van der Waals surface area contributed by atoms with Crippen LogP contribution in [0.3, 0.4) is 0 Å². The maximum absolute atomic E-state index is 11.6. The van der Waals surface area contributed by atoms with Crippen molar-refractivity contribution in [3.05, 3.63) is 35.9 Å². The molecular formula is C12H18N2O. The quantitative estimate of drug-likeness (QED) is 0.783. The molecule has 0 fully saturated rings. The third kappa shape index (κ3) is 3.36. The molecule has 3 heteroatoms. The molecule has 3 N–H and O–H groups in total. The Labute approximate surface area is 90.7 Å². The van der Waals surface area contributed by atoms with Crippen molar-refractivity contribution < 1.29 is 4.79 Å². The van der Waals surface area contributed by atoms with E-state index in [1.54, 1.807) is 0 Å². The van der Waals surface area contributed by atoms with Gasteiger partial charge in [-0.25, -0.2) is 0 Å². The number of carbonyl (C=O) groups is 1. The zero-order valence-corrected chi connectivity index (χ0v) is 9.23. The summed E-state index contributed by atoms with van der Waals surface area (Å²) in [6, 6.07) is 9.92. The van der Waals surface area contributed by atoms with Gasteiger partial charge in [-0.2, -0.15) is 0 Å². The lowest BCUT2D eigenvalue weighted by atomic mass is 10.1. The van der Waals surface area contributed by atoms with Crippen molar-refractivity contribution in [2.75, 3.05) is 6.54 Å². The van der Waals surface area contributed by atoms with Gasteiger partial charge in [0.1, 0.15) is 0 Å². The van der Waals surface area contributed by atoms with Gasteiger partial charge in [0.15, 0.2) is 0 Å². The first-order valence-corrected chi connectivity index (χ1v) is 5.20. The lowest BCUT2D eigenvalue weighted by molar-refractivity contribution is -0.124. The number of hydrogen-bond acceptors (Lipinski definition) is 2. The predicted octanol–water partition coefficient (Wildman–Crippen LogP) is 1.46. The Bertz CT molecular complexity index is 311. The third-order valence-electron chi connectivity index (χ3n) is 2.46. The number of nitrogens with two attached hydrogens (primary N) is 1. The van der Waals surface area contributed by atoms with Gasteiger partial charge in [-0.15, -0.1) is 0 Å². The van der Waals surface area contributed by atoms with E-state index in [0.717, 1.165) is 5.56 Å². The number of benzene rings is 1. The first kappa shape index (κ1) is 11.7. The fourth-order valence-electron chi connectivity index (χ4n) is 1.29. The average molecular weight is 206 g/mol. The summed E-state index contributed by atoms with van der Waals surface area (Å²) in [6.45, 7) is 4.18. The molecule has 0 saturated carbocycles. The normalized spacial score (nSPS) is 14.3. The molecule has 82 valence electrons. The van der Waals surface area contributed by atoms with Crippen LogP contribution in [0.4, 0.5) is 0 Å². The minimum Gasteiger partial charge on any atom is -0.349 e. The zero-order chi connectivity index (χ0) is 11.3. The molecule has 0 heterocycles. The molecule has 1 amide bonds. The number of rotatable bonds is 4. The molecule has 1 aromatic rings. The van der Waals surface area contributed by atoms with Gasteiger partial charge < -0.3 is 11.1 Å². The first-order chi connectivity index (χ1) is 7.15. The summed E-state index contributed by atoms with van der Waals surface area (Å²) < 4.78 is 0. The summed E-state index contributed by atoms with van der Waals surface area (Å²) in [4.78, 5) is 11.6. The van der Waals surface area contributed by atoms with E-state index < -0.39 is 0 Å². The second kappa shape index (κ2) is 5.51. The minimum absolute atomic E-state index is 0.00820. The number of hydrogen-bond donors (Lipinski definition) is 2. The van der Waals surface area contributed by atoms with Crippen molar-refractivity contribution in [1.82, 2.24) is 5.32 Å². The van der Waals surface area contributed by atoms with Crippen LogP contribution in [0.1, 0.15) is 25.5 Å². The van der Waals surface area contributed by atoms with Gasteiger partial charge in [0.25, 0.3) is 0 Å². The molecular weight excluding hydrogens is 188 g/mol. The van der Waals surface area contributed by atoms with Crippen LogP contribution in [-0.2, 0) is 4.79 Å². The molecule has 0 aliphatic carbocycles. The Kier molecular flexibility index (Phi) is 4.31. The fraction of sp³-hybridized carbons (Fsp3) is 0.417. The lowest BCUT2D eigenvalue weighted by Gasteiger charge is -2.16. The highest BCUT2D eigenvalue weighted by Gasteiger charge is 2.14. The topological polar surface area (TPSA) is 55.1 Å². The highest BCUT2D eigenvalue weighted by molar-refractivity contribution is 5.78. The van der Waals surface area contributed by atoms with Gasteiger partial charge in [0.2, 0.25) is 5.91 Å². The van der Waals surface area contributed by atoms with Crippen molar-refractivity contribution in [2.45, 2.75) is 19.9 Å². The van der Waals surface area contributed by atoms with Gasteiger partial charge in [0.05, 0.1) is 6.04 Å². The Morgan fingerprint density at radius 1 is 1.33 bits per heavy atom. The van der Waals surface area contributed by atoms with E-state index in [1.165, 1.54) is 0 Å². The summed E-state index contributed by atoms with van der Waals surface area (Å²) >= 11 is 0. The van der Waals surface area contributed by atoms with Crippen molar-refractivity contribution in [3.63, 3.8) is 0 Å². The fourth-order valence-corrected chi connectivity index (χ4v) is 1.29. The molecule has 3 nitrogen and oxygen atoms in total. The van der Waals surface area contributed by atoms with Gasteiger partial charge in [-0.3, -0.25) is 4.79 Å². The molecule has 0 aliphatic heterocycles. The summed E-state index contributed by atoms with van der Waals surface area (Å²) in [5.41, 5.74) is 6.53. The van der Waals surface area contributed by atoms with Crippen LogP contribution in [0.15, 0.2) is 30.3 Å². The van der Waals surface area contributed by atoms with Gasteiger partial charge >= 0.3 is 0 Å². The van der Waals surface area contributed by atoms with E-state index in [-0.39, 0.29) is 17.9 Å². The summed E-state index contributed by atoms with van der Waals surface area (Å²) in [5, 5.41) is 2.93. The molecule has 0 spiro atoms. The van der Waals surface area contributed by atoms with E-state index in [4.69, 9.17) is 5.73 Å². The molecule has 1 rings (SSSR count). The number of nitrogens with one attached hydrogen (secondary N) is 1. The Morgan fingerprint density at radius 2 is 1.93 bits per heavy atom. The maximum Gasteiger partial charge on any atom is 0.224 e. The van der Waals surface area contributed by atoms with Crippen molar-refractivity contribution in [1.29, 1.82) is 0 Å². The van der Waals surface area contributed by atoms with E-state index >= 15 is 0 Å². The highest BCUT2D eigenvalue weighted by atomic mass is 16.1. The first-order valence-electron chi connectivity index (χ1n) is 5.20. The van der Waals surface area contributed by atoms with E-state index in [0.29, 0.717) is 6.54 Å². The largest absolute Gasteiger partial charge is 0.349 e.